The zero-order valence-electron chi connectivity index (χ0n) is 19.5. The Labute approximate surface area is 224 Å². The van der Waals surface area contributed by atoms with Gasteiger partial charge in [0.05, 0.1) is 15.6 Å². The van der Waals surface area contributed by atoms with Crippen molar-refractivity contribution < 1.29 is 9.53 Å². The lowest BCUT2D eigenvalue weighted by atomic mass is 9.95. The van der Waals surface area contributed by atoms with E-state index in [4.69, 9.17) is 32.9 Å². The number of aliphatic imine (C=N–C) groups is 1. The molecule has 1 amide bonds. The molecule has 0 radical (unpaired) electrons. The maximum Gasteiger partial charge on any atom is 0.259 e. The highest BCUT2D eigenvalue weighted by Gasteiger charge is 2.25. The third-order valence-corrected chi connectivity index (χ3v) is 7.97. The minimum absolute atomic E-state index is 0.114. The molecule has 0 atom stereocenters. The molecule has 3 aromatic carbocycles. The number of nitrogens with one attached hydrogen (secondary N) is 1. The van der Waals surface area contributed by atoms with Gasteiger partial charge in [-0.05, 0) is 73.2 Å². The van der Waals surface area contributed by atoms with E-state index in [0.717, 1.165) is 53.1 Å². The van der Waals surface area contributed by atoms with Crippen LogP contribution in [0.4, 0.5) is 10.7 Å². The summed E-state index contributed by atoms with van der Waals surface area (Å²) >= 11 is 13.8. The van der Waals surface area contributed by atoms with Crippen molar-refractivity contribution >= 4 is 57.3 Å². The van der Waals surface area contributed by atoms with Crippen LogP contribution in [0.5, 0.6) is 5.75 Å². The molecule has 0 fully saturated rings. The number of para-hydroxylation sites is 2. The van der Waals surface area contributed by atoms with Gasteiger partial charge in [0.1, 0.15) is 17.4 Å². The number of benzene rings is 3. The van der Waals surface area contributed by atoms with Crippen LogP contribution in [0, 0.1) is 0 Å². The first-order chi connectivity index (χ1) is 17.6. The molecule has 36 heavy (non-hydrogen) atoms. The van der Waals surface area contributed by atoms with Crippen LogP contribution in [0.1, 0.15) is 44.8 Å². The lowest BCUT2D eigenvalue weighted by molar-refractivity contribution is 0.102. The maximum absolute atomic E-state index is 13.3. The van der Waals surface area contributed by atoms with E-state index < -0.39 is 0 Å². The van der Waals surface area contributed by atoms with E-state index in [1.54, 1.807) is 29.7 Å². The van der Waals surface area contributed by atoms with Gasteiger partial charge >= 0.3 is 0 Å². The summed E-state index contributed by atoms with van der Waals surface area (Å²) in [7, 11) is 0. The van der Waals surface area contributed by atoms with E-state index in [-0.39, 0.29) is 5.91 Å². The first kappa shape index (κ1) is 24.6. The molecule has 0 unspecified atom stereocenters. The molecule has 1 aliphatic carbocycles. The molecule has 0 spiro atoms. The average Bonchev–Trinajstić information content (AvgIpc) is 3.28. The summed E-state index contributed by atoms with van der Waals surface area (Å²) in [6.07, 6.45) is 5.90. The molecule has 0 saturated heterocycles. The summed E-state index contributed by atoms with van der Waals surface area (Å²) in [6, 6.07) is 22.7. The Morgan fingerprint density at radius 2 is 1.75 bits per heavy atom. The van der Waals surface area contributed by atoms with Crippen LogP contribution in [0.25, 0.3) is 0 Å². The zero-order chi connectivity index (χ0) is 24.9. The quantitative estimate of drug-likeness (QED) is 0.241. The number of fused-ring (bicyclic) bond motifs is 1. The van der Waals surface area contributed by atoms with Gasteiger partial charge in [-0.1, -0.05) is 59.6 Å². The van der Waals surface area contributed by atoms with Crippen molar-refractivity contribution in [1.29, 1.82) is 0 Å². The lowest BCUT2D eigenvalue weighted by Crippen LogP contribution is -2.14. The van der Waals surface area contributed by atoms with E-state index in [9.17, 15) is 4.79 Å². The molecule has 1 N–H and O–H groups in total. The minimum atomic E-state index is -0.114. The van der Waals surface area contributed by atoms with Crippen molar-refractivity contribution in [1.82, 2.24) is 0 Å². The minimum Gasteiger partial charge on any atom is -0.488 e. The van der Waals surface area contributed by atoms with Gasteiger partial charge in [0.15, 0.2) is 0 Å². The lowest BCUT2D eigenvalue weighted by Gasteiger charge is -2.12. The van der Waals surface area contributed by atoms with Crippen LogP contribution in [0.15, 0.2) is 77.8 Å². The van der Waals surface area contributed by atoms with Gasteiger partial charge in [0, 0.05) is 22.3 Å². The second-order valence-corrected chi connectivity index (χ2v) is 10.4. The number of ether oxygens (including phenoxy) is 1. The molecular weight excluding hydrogens is 511 g/mol. The normalized spacial score (nSPS) is 12.9. The summed E-state index contributed by atoms with van der Waals surface area (Å²) in [5.41, 5.74) is 4.34. The Morgan fingerprint density at radius 3 is 2.58 bits per heavy atom. The fourth-order valence-corrected chi connectivity index (χ4v) is 5.78. The van der Waals surface area contributed by atoms with Crippen molar-refractivity contribution in [3.05, 3.63) is 110 Å². The van der Waals surface area contributed by atoms with Crippen LogP contribution in [-0.4, -0.2) is 12.1 Å². The van der Waals surface area contributed by atoms with Gasteiger partial charge in [0.25, 0.3) is 5.91 Å². The van der Waals surface area contributed by atoms with E-state index >= 15 is 0 Å². The largest absolute Gasteiger partial charge is 0.488 e. The highest BCUT2D eigenvalue weighted by Crippen LogP contribution is 2.40. The summed E-state index contributed by atoms with van der Waals surface area (Å²) in [5, 5.41) is 4.78. The van der Waals surface area contributed by atoms with Crippen molar-refractivity contribution in [2.75, 3.05) is 5.32 Å². The molecule has 0 aliphatic heterocycles. The van der Waals surface area contributed by atoms with E-state index in [0.29, 0.717) is 28.0 Å². The average molecular weight is 535 g/mol. The zero-order valence-corrected chi connectivity index (χ0v) is 21.8. The van der Waals surface area contributed by atoms with E-state index in [1.807, 2.05) is 60.7 Å². The Kier molecular flexibility index (Phi) is 7.71. The molecule has 1 aromatic heterocycles. The van der Waals surface area contributed by atoms with Gasteiger partial charge in [-0.15, -0.1) is 11.3 Å². The van der Waals surface area contributed by atoms with E-state index in [1.165, 1.54) is 4.88 Å². The molecule has 7 heteroatoms. The highest BCUT2D eigenvalue weighted by atomic mass is 35.5. The third kappa shape index (κ3) is 5.65. The van der Waals surface area contributed by atoms with Gasteiger partial charge < -0.3 is 10.1 Å². The number of aryl methyl sites for hydroxylation is 1. The number of carbonyl (C=O) groups is 1. The molecule has 182 valence electrons. The monoisotopic (exact) mass is 534 g/mol. The summed E-state index contributed by atoms with van der Waals surface area (Å²) in [6.45, 7) is 0.347. The molecular formula is C29H24Cl2N2O2S. The van der Waals surface area contributed by atoms with Crippen LogP contribution >= 0.6 is 34.5 Å². The number of halogens is 2. The molecule has 4 aromatic rings. The molecule has 5 rings (SSSR count). The second kappa shape index (κ2) is 11.3. The van der Waals surface area contributed by atoms with Crippen LogP contribution < -0.4 is 10.1 Å². The summed E-state index contributed by atoms with van der Waals surface area (Å²) in [4.78, 5) is 19.4. The Morgan fingerprint density at radius 1 is 0.972 bits per heavy atom. The number of rotatable bonds is 7. The summed E-state index contributed by atoms with van der Waals surface area (Å²) < 4.78 is 6.08. The number of hydrogen-bond acceptors (Lipinski definition) is 4. The fraction of sp³-hybridized carbons (Fsp3) is 0.172. The first-order valence-electron chi connectivity index (χ1n) is 11.8. The van der Waals surface area contributed by atoms with Gasteiger partial charge in [0.2, 0.25) is 0 Å². The molecule has 0 bridgehead atoms. The number of thiophene rings is 1. The Balaban J connectivity index is 1.40. The van der Waals surface area contributed by atoms with Gasteiger partial charge in [-0.3, -0.25) is 4.79 Å². The standard InChI is InChI=1S/C29H24Cl2N2O2S/c30-23-15-14-19(16-24(23)31)18-35-25-12-6-4-8-20(25)17-32-29-27(22-11-5-7-13-26(22)36-29)28(34)33-21-9-2-1-3-10-21/h1-4,6,8-10,12,14-17H,5,7,11,13,18H2,(H,33,34). The topological polar surface area (TPSA) is 50.7 Å². The molecule has 4 nitrogen and oxygen atoms in total. The smallest absolute Gasteiger partial charge is 0.259 e. The predicted octanol–water partition coefficient (Wildman–Crippen LogP) is 8.52. The first-order valence-corrected chi connectivity index (χ1v) is 13.4. The van der Waals surface area contributed by atoms with Crippen molar-refractivity contribution in [2.24, 2.45) is 4.99 Å². The number of hydrogen-bond donors (Lipinski definition) is 1. The van der Waals surface area contributed by atoms with Crippen LogP contribution in [0.3, 0.4) is 0 Å². The van der Waals surface area contributed by atoms with Crippen molar-refractivity contribution in [2.45, 2.75) is 32.3 Å². The SMILES string of the molecule is O=C(Nc1ccccc1)c1c(N=Cc2ccccc2OCc2ccc(Cl)c(Cl)c2)sc2c1CCCC2. The van der Waals surface area contributed by atoms with Crippen molar-refractivity contribution in [3.8, 4) is 5.75 Å². The Bertz CT molecular complexity index is 1420. The van der Waals surface area contributed by atoms with Crippen LogP contribution in [-0.2, 0) is 19.4 Å². The maximum atomic E-state index is 13.3. The summed E-state index contributed by atoms with van der Waals surface area (Å²) in [5.74, 6) is 0.584. The van der Waals surface area contributed by atoms with Gasteiger partial charge in [-0.25, -0.2) is 4.99 Å². The number of nitrogens with zero attached hydrogens (tertiary/aromatic N) is 1. The van der Waals surface area contributed by atoms with Gasteiger partial charge in [-0.2, -0.15) is 0 Å². The number of anilines is 1. The van der Waals surface area contributed by atoms with Crippen LogP contribution in [0.2, 0.25) is 10.0 Å². The van der Waals surface area contributed by atoms with E-state index in [2.05, 4.69) is 5.32 Å². The highest BCUT2D eigenvalue weighted by molar-refractivity contribution is 7.16. The molecule has 0 saturated carbocycles. The molecule has 1 heterocycles. The third-order valence-electron chi connectivity index (χ3n) is 6.03. The Hall–Kier alpha value is -3.12. The predicted molar refractivity (Wildman–Crippen MR) is 150 cm³/mol. The fourth-order valence-electron chi connectivity index (χ4n) is 4.23. The number of amides is 1. The second-order valence-electron chi connectivity index (χ2n) is 8.54. The van der Waals surface area contributed by atoms with Crippen molar-refractivity contribution in [3.63, 3.8) is 0 Å². The molecule has 1 aliphatic rings. The number of carbonyl (C=O) groups excluding carboxylic acids is 1.